The lowest BCUT2D eigenvalue weighted by Gasteiger charge is -2.32. The largest absolute Gasteiger partial charge is 0.492 e. The van der Waals surface area contributed by atoms with Gasteiger partial charge in [-0.05, 0) is 49.9 Å². The zero-order chi connectivity index (χ0) is 18.2. The highest BCUT2D eigenvalue weighted by Crippen LogP contribution is 2.24. The normalized spacial score (nSPS) is 14.7. The summed E-state index contributed by atoms with van der Waals surface area (Å²) in [6.45, 7) is 5.11. The Kier molecular flexibility index (Phi) is 6.30. The van der Waals surface area contributed by atoms with Crippen LogP contribution in [0.1, 0.15) is 19.8 Å². The maximum Gasteiger partial charge on any atom is 0.319 e. The Morgan fingerprint density at radius 2 is 1.96 bits per heavy atom. The summed E-state index contributed by atoms with van der Waals surface area (Å²) in [7, 11) is 0. The Morgan fingerprint density at radius 1 is 1.19 bits per heavy atom. The van der Waals surface area contributed by atoms with Gasteiger partial charge >= 0.3 is 6.03 Å². The number of anilines is 2. The quantitative estimate of drug-likeness (QED) is 0.833. The van der Waals surface area contributed by atoms with Crippen molar-refractivity contribution in [3.05, 3.63) is 48.7 Å². The third-order valence-electron chi connectivity index (χ3n) is 4.57. The van der Waals surface area contributed by atoms with E-state index >= 15 is 0 Å². The zero-order valence-corrected chi connectivity index (χ0v) is 15.1. The van der Waals surface area contributed by atoms with E-state index in [-0.39, 0.29) is 6.03 Å². The van der Waals surface area contributed by atoms with Gasteiger partial charge in [-0.25, -0.2) is 9.78 Å². The predicted molar refractivity (Wildman–Crippen MR) is 104 cm³/mol. The van der Waals surface area contributed by atoms with Gasteiger partial charge in [0, 0.05) is 25.8 Å². The third kappa shape index (κ3) is 4.88. The number of pyridine rings is 1. The fraction of sp³-hybridized carbons (Fsp3) is 0.400. The van der Waals surface area contributed by atoms with Crippen molar-refractivity contribution in [2.45, 2.75) is 19.8 Å². The molecule has 138 valence electrons. The second kappa shape index (κ2) is 9.08. The molecule has 2 heterocycles. The van der Waals surface area contributed by atoms with Gasteiger partial charge in [0.15, 0.2) is 0 Å². The average molecular weight is 354 g/mol. The van der Waals surface area contributed by atoms with Crippen molar-refractivity contribution in [1.82, 2.24) is 10.3 Å². The molecule has 0 bridgehead atoms. The van der Waals surface area contributed by atoms with Crippen LogP contribution >= 0.6 is 0 Å². The minimum absolute atomic E-state index is 0.190. The van der Waals surface area contributed by atoms with E-state index in [9.17, 15) is 4.79 Å². The van der Waals surface area contributed by atoms with Gasteiger partial charge in [0.1, 0.15) is 11.6 Å². The molecule has 26 heavy (non-hydrogen) atoms. The number of amides is 2. The number of nitrogens with one attached hydrogen (secondary N) is 2. The molecule has 1 saturated heterocycles. The number of urea groups is 1. The van der Waals surface area contributed by atoms with Crippen molar-refractivity contribution < 1.29 is 9.53 Å². The van der Waals surface area contributed by atoms with E-state index in [1.807, 2.05) is 55.6 Å². The van der Waals surface area contributed by atoms with Crippen LogP contribution in [0.4, 0.5) is 16.3 Å². The highest BCUT2D eigenvalue weighted by molar-refractivity contribution is 5.90. The molecule has 2 amide bonds. The number of hydrogen-bond donors (Lipinski definition) is 2. The van der Waals surface area contributed by atoms with E-state index in [0.717, 1.165) is 31.7 Å². The molecule has 2 aromatic rings. The van der Waals surface area contributed by atoms with E-state index in [1.165, 1.54) is 0 Å². The minimum Gasteiger partial charge on any atom is -0.492 e. The molecule has 1 aromatic carbocycles. The highest BCUT2D eigenvalue weighted by atomic mass is 16.5. The van der Waals surface area contributed by atoms with Crippen LogP contribution in [-0.2, 0) is 0 Å². The average Bonchev–Trinajstić information content (AvgIpc) is 2.69. The molecule has 2 N–H and O–H groups in total. The van der Waals surface area contributed by atoms with Crippen LogP contribution in [0.3, 0.4) is 0 Å². The summed E-state index contributed by atoms with van der Waals surface area (Å²) in [5, 5.41) is 5.86. The topological polar surface area (TPSA) is 66.5 Å². The number of nitrogens with zero attached hydrogens (tertiary/aromatic N) is 2. The van der Waals surface area contributed by atoms with Crippen molar-refractivity contribution in [2.24, 2.45) is 5.92 Å². The molecule has 1 aliphatic rings. The predicted octanol–water partition coefficient (Wildman–Crippen LogP) is 3.52. The fourth-order valence-corrected chi connectivity index (χ4v) is 3.16. The Morgan fingerprint density at radius 3 is 2.69 bits per heavy atom. The second-order valence-corrected chi connectivity index (χ2v) is 6.38. The Hall–Kier alpha value is -2.76. The molecule has 1 fully saturated rings. The Balaban J connectivity index is 1.43. The summed E-state index contributed by atoms with van der Waals surface area (Å²) in [6, 6.07) is 13.3. The van der Waals surface area contributed by atoms with Gasteiger partial charge in [-0.2, -0.15) is 0 Å². The molecule has 3 rings (SSSR count). The monoisotopic (exact) mass is 354 g/mol. The maximum absolute atomic E-state index is 12.2. The van der Waals surface area contributed by atoms with E-state index in [4.69, 9.17) is 4.74 Å². The van der Waals surface area contributed by atoms with Crippen LogP contribution in [0.2, 0.25) is 0 Å². The van der Waals surface area contributed by atoms with Crippen molar-refractivity contribution >= 4 is 17.5 Å². The number of aromatic nitrogens is 1. The molecule has 0 spiro atoms. The summed E-state index contributed by atoms with van der Waals surface area (Å²) in [4.78, 5) is 18.9. The third-order valence-corrected chi connectivity index (χ3v) is 4.57. The molecule has 0 unspecified atom stereocenters. The molecule has 6 heteroatoms. The molecule has 1 aromatic heterocycles. The maximum atomic E-state index is 12.2. The number of ether oxygens (including phenoxy) is 1. The Bertz CT molecular complexity index is 700. The van der Waals surface area contributed by atoms with Gasteiger partial charge in [-0.3, -0.25) is 0 Å². The second-order valence-electron chi connectivity index (χ2n) is 6.38. The molecular weight excluding hydrogens is 328 g/mol. The number of hydrogen-bond acceptors (Lipinski definition) is 4. The van der Waals surface area contributed by atoms with E-state index in [2.05, 4.69) is 20.5 Å². The van der Waals surface area contributed by atoms with Gasteiger partial charge < -0.3 is 20.3 Å². The number of piperidine rings is 1. The number of carbonyl (C=O) groups is 1. The summed E-state index contributed by atoms with van der Waals surface area (Å²) >= 11 is 0. The smallest absolute Gasteiger partial charge is 0.319 e. The zero-order valence-electron chi connectivity index (χ0n) is 15.1. The first-order valence-corrected chi connectivity index (χ1v) is 9.19. The molecule has 1 aliphatic heterocycles. The lowest BCUT2D eigenvalue weighted by atomic mass is 9.97. The summed E-state index contributed by atoms with van der Waals surface area (Å²) in [5.41, 5.74) is 0.692. The first-order valence-electron chi connectivity index (χ1n) is 9.19. The van der Waals surface area contributed by atoms with Crippen molar-refractivity contribution in [3.63, 3.8) is 0 Å². The molecular formula is C20H26N4O2. The number of benzene rings is 1. The lowest BCUT2D eigenvalue weighted by molar-refractivity contribution is 0.248. The van der Waals surface area contributed by atoms with Crippen LogP contribution in [-0.4, -0.2) is 37.3 Å². The molecule has 0 aliphatic carbocycles. The van der Waals surface area contributed by atoms with Crippen LogP contribution in [0.25, 0.3) is 0 Å². The first-order chi connectivity index (χ1) is 12.8. The van der Waals surface area contributed by atoms with Crippen LogP contribution < -0.4 is 20.3 Å². The fourth-order valence-electron chi connectivity index (χ4n) is 3.16. The minimum atomic E-state index is -0.190. The van der Waals surface area contributed by atoms with Crippen molar-refractivity contribution in [3.8, 4) is 5.75 Å². The van der Waals surface area contributed by atoms with Gasteiger partial charge in [0.25, 0.3) is 0 Å². The van der Waals surface area contributed by atoms with Crippen LogP contribution in [0, 0.1) is 5.92 Å². The summed E-state index contributed by atoms with van der Waals surface area (Å²) in [5.74, 6) is 2.21. The lowest BCUT2D eigenvalue weighted by Crippen LogP contribution is -2.40. The van der Waals surface area contributed by atoms with Gasteiger partial charge in [0.05, 0.1) is 12.3 Å². The SMILES string of the molecule is CCOc1ccccc1NC(=O)NCC1CCN(c2ccccn2)CC1. The Labute approximate surface area is 154 Å². The standard InChI is InChI=1S/C20H26N4O2/c1-2-26-18-8-4-3-7-17(18)23-20(25)22-15-16-10-13-24(14-11-16)19-9-5-6-12-21-19/h3-9,12,16H,2,10-11,13-15H2,1H3,(H2,22,23,25). The van der Waals surface area contributed by atoms with Gasteiger partial charge in [-0.15, -0.1) is 0 Å². The van der Waals surface area contributed by atoms with Gasteiger partial charge in [0.2, 0.25) is 0 Å². The molecule has 0 atom stereocenters. The number of carbonyl (C=O) groups excluding carboxylic acids is 1. The van der Waals surface area contributed by atoms with Crippen molar-refractivity contribution in [1.29, 1.82) is 0 Å². The molecule has 0 saturated carbocycles. The van der Waals surface area contributed by atoms with E-state index < -0.39 is 0 Å². The highest BCUT2D eigenvalue weighted by Gasteiger charge is 2.20. The molecule has 6 nitrogen and oxygen atoms in total. The van der Waals surface area contributed by atoms with Crippen molar-refractivity contribution in [2.75, 3.05) is 36.5 Å². The first kappa shape index (κ1) is 18.0. The number of para-hydroxylation sites is 2. The van der Waals surface area contributed by atoms with E-state index in [1.54, 1.807) is 0 Å². The van der Waals surface area contributed by atoms with Crippen LogP contribution in [0.15, 0.2) is 48.7 Å². The van der Waals surface area contributed by atoms with Gasteiger partial charge in [-0.1, -0.05) is 18.2 Å². The molecule has 0 radical (unpaired) electrons. The van der Waals surface area contributed by atoms with E-state index in [0.29, 0.717) is 30.5 Å². The van der Waals surface area contributed by atoms with Crippen LogP contribution in [0.5, 0.6) is 5.75 Å². The summed E-state index contributed by atoms with van der Waals surface area (Å²) in [6.07, 6.45) is 3.92. The number of rotatable bonds is 6. The summed E-state index contributed by atoms with van der Waals surface area (Å²) < 4.78 is 5.53.